The van der Waals surface area contributed by atoms with Gasteiger partial charge in [0.1, 0.15) is 5.82 Å². The highest BCUT2D eigenvalue weighted by Crippen LogP contribution is 2.31. The first-order valence-corrected chi connectivity index (χ1v) is 7.38. The van der Waals surface area contributed by atoms with Crippen molar-refractivity contribution in [3.05, 3.63) is 53.8 Å². The maximum absolute atomic E-state index is 13.3. The molecule has 0 bridgehead atoms. The van der Waals surface area contributed by atoms with Crippen molar-refractivity contribution in [2.75, 3.05) is 12.4 Å². The Kier molecular flexibility index (Phi) is 5.36. The van der Waals surface area contributed by atoms with Gasteiger partial charge < -0.3 is 10.6 Å². The second-order valence-electron chi connectivity index (χ2n) is 4.59. The first-order valence-electron chi connectivity index (χ1n) is 6.57. The molecule has 110 valence electrons. The lowest BCUT2D eigenvalue weighted by atomic mass is 10.2. The number of hydrogen-bond acceptors (Lipinski definition) is 3. The molecule has 21 heavy (non-hydrogen) atoms. The fourth-order valence-corrected chi connectivity index (χ4v) is 2.84. The molecule has 0 aromatic heterocycles. The van der Waals surface area contributed by atoms with Crippen LogP contribution in [0, 0.1) is 5.82 Å². The Balaban J connectivity index is 2.16. The fourth-order valence-electron chi connectivity index (χ4n) is 1.91. The molecule has 2 rings (SSSR count). The molecule has 0 spiro atoms. The number of amides is 1. The summed E-state index contributed by atoms with van der Waals surface area (Å²) < 4.78 is 13.3. The molecule has 2 N–H and O–H groups in total. The van der Waals surface area contributed by atoms with Crippen LogP contribution in [0.2, 0.25) is 0 Å². The predicted molar refractivity (Wildman–Crippen MR) is 84.0 cm³/mol. The minimum absolute atomic E-state index is 0.0924. The topological polar surface area (TPSA) is 41.1 Å². The normalized spacial score (nSPS) is 10.4. The molecule has 2 aromatic rings. The van der Waals surface area contributed by atoms with Gasteiger partial charge in [-0.1, -0.05) is 11.8 Å². The second-order valence-corrected chi connectivity index (χ2v) is 5.71. The van der Waals surface area contributed by atoms with Crippen LogP contribution in [-0.4, -0.2) is 13.0 Å². The number of hydrogen-bond donors (Lipinski definition) is 2. The van der Waals surface area contributed by atoms with E-state index in [9.17, 15) is 9.18 Å². The summed E-state index contributed by atoms with van der Waals surface area (Å²) in [6.45, 7) is 2.09. The molecule has 0 saturated carbocycles. The molecule has 2 aromatic carbocycles. The maximum Gasteiger partial charge on any atom is 0.221 e. The summed E-state index contributed by atoms with van der Waals surface area (Å²) in [5, 5.41) is 5.77. The third kappa shape index (κ3) is 4.58. The van der Waals surface area contributed by atoms with Gasteiger partial charge >= 0.3 is 0 Å². The largest absolute Gasteiger partial charge is 0.326 e. The van der Waals surface area contributed by atoms with E-state index in [1.54, 1.807) is 23.9 Å². The van der Waals surface area contributed by atoms with E-state index in [0.29, 0.717) is 6.54 Å². The highest BCUT2D eigenvalue weighted by Gasteiger charge is 2.06. The van der Waals surface area contributed by atoms with Crippen molar-refractivity contribution in [2.24, 2.45) is 0 Å². The smallest absolute Gasteiger partial charge is 0.221 e. The quantitative estimate of drug-likeness (QED) is 0.886. The van der Waals surface area contributed by atoms with Crippen LogP contribution in [0.4, 0.5) is 10.1 Å². The molecule has 5 heteroatoms. The number of rotatable bonds is 5. The Bertz CT molecular complexity index is 629. The summed E-state index contributed by atoms with van der Waals surface area (Å²) in [6, 6.07) is 12.4. The lowest BCUT2D eigenvalue weighted by Crippen LogP contribution is -2.06. The van der Waals surface area contributed by atoms with Crippen molar-refractivity contribution in [2.45, 2.75) is 23.3 Å². The van der Waals surface area contributed by atoms with Crippen LogP contribution in [0.1, 0.15) is 12.5 Å². The third-order valence-corrected chi connectivity index (χ3v) is 3.92. The van der Waals surface area contributed by atoms with Crippen molar-refractivity contribution in [3.63, 3.8) is 0 Å². The minimum Gasteiger partial charge on any atom is -0.326 e. The lowest BCUT2D eigenvalue weighted by Gasteiger charge is -2.10. The number of anilines is 1. The molecule has 0 fully saturated rings. The first kappa shape index (κ1) is 15.5. The zero-order valence-corrected chi connectivity index (χ0v) is 12.8. The van der Waals surface area contributed by atoms with Crippen LogP contribution in [0.15, 0.2) is 52.3 Å². The molecule has 0 radical (unpaired) electrons. The van der Waals surface area contributed by atoms with E-state index in [0.717, 1.165) is 21.0 Å². The number of carbonyl (C=O) groups excluding carboxylic acids is 1. The second kappa shape index (κ2) is 7.24. The maximum atomic E-state index is 13.3. The van der Waals surface area contributed by atoms with Gasteiger partial charge in [-0.15, -0.1) is 0 Å². The molecule has 0 saturated heterocycles. The third-order valence-electron chi connectivity index (χ3n) is 2.79. The van der Waals surface area contributed by atoms with Crippen molar-refractivity contribution >= 4 is 23.4 Å². The average Bonchev–Trinajstić information content (AvgIpc) is 2.43. The first-order chi connectivity index (χ1) is 10.1. The van der Waals surface area contributed by atoms with Gasteiger partial charge in [0, 0.05) is 28.9 Å². The lowest BCUT2D eigenvalue weighted by molar-refractivity contribution is -0.114. The Hall–Kier alpha value is -1.85. The van der Waals surface area contributed by atoms with Crippen molar-refractivity contribution in [3.8, 4) is 0 Å². The molecule has 0 aliphatic heterocycles. The van der Waals surface area contributed by atoms with Gasteiger partial charge in [-0.3, -0.25) is 4.79 Å². The number of carbonyl (C=O) groups is 1. The van der Waals surface area contributed by atoms with E-state index in [4.69, 9.17) is 0 Å². The Morgan fingerprint density at radius 3 is 2.52 bits per heavy atom. The van der Waals surface area contributed by atoms with E-state index in [1.807, 2.05) is 31.3 Å². The molecular weight excluding hydrogens is 287 g/mol. The average molecular weight is 304 g/mol. The summed E-state index contributed by atoms with van der Waals surface area (Å²) >= 11 is 1.57. The Labute approximate surface area is 127 Å². The van der Waals surface area contributed by atoms with Gasteiger partial charge in [-0.05, 0) is 55.1 Å². The highest BCUT2D eigenvalue weighted by atomic mass is 32.2. The van der Waals surface area contributed by atoms with Gasteiger partial charge in [-0.25, -0.2) is 4.39 Å². The molecule has 0 atom stereocenters. The molecular formula is C16H17FN2OS. The van der Waals surface area contributed by atoms with Gasteiger partial charge in [-0.2, -0.15) is 0 Å². The van der Waals surface area contributed by atoms with Crippen molar-refractivity contribution in [1.29, 1.82) is 0 Å². The van der Waals surface area contributed by atoms with Crippen molar-refractivity contribution in [1.82, 2.24) is 5.32 Å². The Morgan fingerprint density at radius 2 is 1.90 bits per heavy atom. The number of halogens is 1. The molecule has 0 heterocycles. The van der Waals surface area contributed by atoms with E-state index < -0.39 is 0 Å². The van der Waals surface area contributed by atoms with Crippen LogP contribution < -0.4 is 10.6 Å². The van der Waals surface area contributed by atoms with Crippen LogP contribution in [0.25, 0.3) is 0 Å². The van der Waals surface area contributed by atoms with Crippen LogP contribution in [-0.2, 0) is 11.3 Å². The van der Waals surface area contributed by atoms with Crippen LogP contribution in [0.3, 0.4) is 0 Å². The SMILES string of the molecule is CNCc1cc(F)ccc1Sc1ccc(NC(C)=O)cc1. The van der Waals surface area contributed by atoms with Gasteiger partial charge in [0.15, 0.2) is 0 Å². The van der Waals surface area contributed by atoms with E-state index >= 15 is 0 Å². The van der Waals surface area contributed by atoms with E-state index in [2.05, 4.69) is 10.6 Å². The zero-order valence-electron chi connectivity index (χ0n) is 11.9. The summed E-state index contributed by atoms with van der Waals surface area (Å²) in [6.07, 6.45) is 0. The van der Waals surface area contributed by atoms with Gasteiger partial charge in [0.25, 0.3) is 0 Å². The summed E-state index contributed by atoms with van der Waals surface area (Å²) in [4.78, 5) is 13.0. The minimum atomic E-state index is -0.231. The van der Waals surface area contributed by atoms with Crippen LogP contribution >= 0.6 is 11.8 Å². The molecule has 1 amide bonds. The molecule has 0 aliphatic carbocycles. The molecule has 3 nitrogen and oxygen atoms in total. The molecule has 0 aliphatic rings. The van der Waals surface area contributed by atoms with Gasteiger partial charge in [0.05, 0.1) is 0 Å². The molecule has 0 unspecified atom stereocenters. The van der Waals surface area contributed by atoms with Crippen LogP contribution in [0.5, 0.6) is 0 Å². The number of benzene rings is 2. The van der Waals surface area contributed by atoms with E-state index in [1.165, 1.54) is 13.0 Å². The predicted octanol–water partition coefficient (Wildman–Crippen LogP) is 3.65. The summed E-state index contributed by atoms with van der Waals surface area (Å²) in [5.74, 6) is -0.323. The fraction of sp³-hybridized carbons (Fsp3) is 0.188. The van der Waals surface area contributed by atoms with Crippen molar-refractivity contribution < 1.29 is 9.18 Å². The zero-order chi connectivity index (χ0) is 15.2. The number of nitrogens with one attached hydrogen (secondary N) is 2. The Morgan fingerprint density at radius 1 is 1.19 bits per heavy atom. The summed E-state index contributed by atoms with van der Waals surface area (Å²) in [5.41, 5.74) is 1.69. The standard InChI is InChI=1S/C16H17FN2OS/c1-11(20)19-14-4-6-15(7-5-14)21-16-8-3-13(17)9-12(16)10-18-2/h3-9,18H,10H2,1-2H3,(H,19,20). The highest BCUT2D eigenvalue weighted by molar-refractivity contribution is 7.99. The van der Waals surface area contributed by atoms with E-state index in [-0.39, 0.29) is 11.7 Å². The monoisotopic (exact) mass is 304 g/mol. The van der Waals surface area contributed by atoms with Gasteiger partial charge in [0.2, 0.25) is 5.91 Å². The summed E-state index contributed by atoms with van der Waals surface area (Å²) in [7, 11) is 1.83.